The highest BCUT2D eigenvalue weighted by Crippen LogP contribution is 2.28. The highest BCUT2D eigenvalue weighted by molar-refractivity contribution is 6.30. The van der Waals surface area contributed by atoms with E-state index in [1.807, 2.05) is 41.1 Å². The number of benzene rings is 2. The van der Waals surface area contributed by atoms with Crippen LogP contribution in [0.2, 0.25) is 5.02 Å². The summed E-state index contributed by atoms with van der Waals surface area (Å²) in [6.07, 6.45) is 9.34. The number of rotatable bonds is 4. The highest BCUT2D eigenvalue weighted by Gasteiger charge is 2.16. The Balaban J connectivity index is 1.47. The van der Waals surface area contributed by atoms with Crippen molar-refractivity contribution in [1.82, 2.24) is 19.7 Å². The molecule has 145 valence electrons. The van der Waals surface area contributed by atoms with E-state index in [9.17, 15) is 0 Å². The van der Waals surface area contributed by atoms with Crippen molar-refractivity contribution in [2.24, 2.45) is 0 Å². The zero-order valence-electron chi connectivity index (χ0n) is 15.9. The number of nitrogens with one attached hydrogen (secondary N) is 1. The molecule has 1 unspecified atom stereocenters. The zero-order chi connectivity index (χ0) is 19.6. The molecule has 2 aromatic heterocycles. The number of hydrogen-bond acceptors (Lipinski definition) is 3. The van der Waals surface area contributed by atoms with Crippen LogP contribution in [0.5, 0.6) is 0 Å². The summed E-state index contributed by atoms with van der Waals surface area (Å²) in [5, 5.41) is 8.82. The number of anilines is 2. The molecule has 1 radical (unpaired) electrons. The molecule has 5 rings (SSSR count). The lowest BCUT2D eigenvalue weighted by Crippen LogP contribution is -2.20. The number of fused-ring (bicyclic) bond motifs is 1. The SMILES string of the molecule is Clc1ccc(Nc2nc(-c3ccc(C4CCCC[N]4)cc3)cn3ccnc23)cc1. The first-order valence-electron chi connectivity index (χ1n) is 9.89. The van der Waals surface area contributed by atoms with Crippen LogP contribution in [0.1, 0.15) is 30.9 Å². The minimum absolute atomic E-state index is 0.337. The van der Waals surface area contributed by atoms with Crippen LogP contribution in [-0.2, 0) is 0 Å². The first kappa shape index (κ1) is 18.2. The van der Waals surface area contributed by atoms with Gasteiger partial charge in [0.15, 0.2) is 11.5 Å². The van der Waals surface area contributed by atoms with Crippen molar-refractivity contribution in [3.05, 3.63) is 77.7 Å². The third kappa shape index (κ3) is 3.84. The molecule has 1 N–H and O–H groups in total. The third-order valence-electron chi connectivity index (χ3n) is 5.31. The summed E-state index contributed by atoms with van der Waals surface area (Å²) in [6.45, 7) is 0.977. The summed E-state index contributed by atoms with van der Waals surface area (Å²) in [6, 6.07) is 16.5. The molecule has 1 saturated heterocycles. The molecule has 0 bridgehead atoms. The zero-order valence-corrected chi connectivity index (χ0v) is 16.7. The number of hydrogen-bond donors (Lipinski definition) is 1. The molecule has 5 nitrogen and oxygen atoms in total. The van der Waals surface area contributed by atoms with Gasteiger partial charge >= 0.3 is 0 Å². The van der Waals surface area contributed by atoms with Gasteiger partial charge in [0.2, 0.25) is 0 Å². The monoisotopic (exact) mass is 402 g/mol. The molecule has 1 aliphatic rings. The summed E-state index contributed by atoms with van der Waals surface area (Å²) < 4.78 is 1.99. The second kappa shape index (κ2) is 7.85. The van der Waals surface area contributed by atoms with E-state index in [4.69, 9.17) is 21.9 Å². The Hall–Kier alpha value is -2.89. The van der Waals surface area contributed by atoms with Gasteiger partial charge in [0.1, 0.15) is 0 Å². The maximum absolute atomic E-state index is 6.00. The minimum Gasteiger partial charge on any atom is -0.337 e. The van der Waals surface area contributed by atoms with E-state index in [1.165, 1.54) is 18.4 Å². The van der Waals surface area contributed by atoms with Crippen LogP contribution in [0.15, 0.2) is 67.1 Å². The fourth-order valence-corrected chi connectivity index (χ4v) is 3.89. The summed E-state index contributed by atoms with van der Waals surface area (Å²) in [4.78, 5) is 9.29. The van der Waals surface area contributed by atoms with Gasteiger partial charge in [0.05, 0.1) is 5.69 Å². The Morgan fingerprint density at radius 1 is 1.00 bits per heavy atom. The molecule has 1 atom stereocenters. The van der Waals surface area contributed by atoms with Crippen LogP contribution < -0.4 is 10.6 Å². The van der Waals surface area contributed by atoms with Crippen molar-refractivity contribution in [1.29, 1.82) is 0 Å². The van der Waals surface area contributed by atoms with E-state index in [0.717, 1.165) is 35.6 Å². The first-order chi connectivity index (χ1) is 14.3. The van der Waals surface area contributed by atoms with Gasteiger partial charge in [-0.1, -0.05) is 42.3 Å². The van der Waals surface area contributed by atoms with Crippen molar-refractivity contribution < 1.29 is 0 Å². The maximum Gasteiger partial charge on any atom is 0.180 e. The molecular weight excluding hydrogens is 382 g/mol. The highest BCUT2D eigenvalue weighted by atomic mass is 35.5. The molecule has 0 saturated carbocycles. The second-order valence-corrected chi connectivity index (χ2v) is 7.74. The quantitative estimate of drug-likeness (QED) is 0.481. The topological polar surface area (TPSA) is 56.3 Å². The van der Waals surface area contributed by atoms with E-state index in [2.05, 4.69) is 34.6 Å². The van der Waals surface area contributed by atoms with Crippen molar-refractivity contribution in [2.45, 2.75) is 25.3 Å². The maximum atomic E-state index is 6.00. The largest absolute Gasteiger partial charge is 0.337 e. The minimum atomic E-state index is 0.337. The van der Waals surface area contributed by atoms with Gasteiger partial charge in [-0.3, -0.25) is 0 Å². The van der Waals surface area contributed by atoms with Gasteiger partial charge in [-0.15, -0.1) is 0 Å². The average Bonchev–Trinajstić information content (AvgIpc) is 3.25. The number of halogens is 1. The lowest BCUT2D eigenvalue weighted by atomic mass is 9.96. The Bertz CT molecular complexity index is 1110. The third-order valence-corrected chi connectivity index (χ3v) is 5.56. The van der Waals surface area contributed by atoms with Crippen LogP contribution in [-0.4, -0.2) is 20.9 Å². The van der Waals surface area contributed by atoms with E-state index in [0.29, 0.717) is 16.9 Å². The Labute approximate surface area is 174 Å². The van der Waals surface area contributed by atoms with Gasteiger partial charge in [-0.05, 0) is 42.7 Å². The molecule has 3 heterocycles. The predicted octanol–water partition coefficient (Wildman–Crippen LogP) is 5.62. The van der Waals surface area contributed by atoms with Crippen molar-refractivity contribution in [2.75, 3.05) is 11.9 Å². The molecule has 6 heteroatoms. The Kier molecular flexibility index (Phi) is 4.92. The summed E-state index contributed by atoms with van der Waals surface area (Å²) in [5.41, 5.74) is 4.94. The standard InChI is InChI=1S/C23H21ClN5/c24-18-8-10-19(11-9-18)27-22-23-26-13-14-29(23)15-21(28-22)17-6-4-16(5-7-17)20-3-1-2-12-25-20/h4-11,13-15,20H,1-3,12H2,(H,27,28). The average molecular weight is 403 g/mol. The van der Waals surface area contributed by atoms with Gasteiger partial charge < -0.3 is 9.72 Å². The van der Waals surface area contributed by atoms with Gasteiger partial charge in [-0.2, -0.15) is 0 Å². The number of nitrogens with zero attached hydrogens (tertiary/aromatic N) is 4. The molecule has 0 amide bonds. The van der Waals surface area contributed by atoms with Crippen LogP contribution in [0.4, 0.5) is 11.5 Å². The molecule has 2 aromatic carbocycles. The van der Waals surface area contributed by atoms with E-state index >= 15 is 0 Å². The lowest BCUT2D eigenvalue weighted by molar-refractivity contribution is 0.403. The predicted molar refractivity (Wildman–Crippen MR) is 117 cm³/mol. The number of piperidine rings is 1. The van der Waals surface area contributed by atoms with Gasteiger partial charge in [0, 0.05) is 47.5 Å². The molecule has 0 aliphatic carbocycles. The second-order valence-electron chi connectivity index (χ2n) is 7.30. The fraction of sp³-hybridized carbons (Fsp3) is 0.217. The Morgan fingerprint density at radius 2 is 1.83 bits per heavy atom. The van der Waals surface area contributed by atoms with Gasteiger partial charge in [-0.25, -0.2) is 15.3 Å². The molecule has 1 fully saturated rings. The van der Waals surface area contributed by atoms with Crippen molar-refractivity contribution in [3.8, 4) is 11.3 Å². The molecular formula is C23H21ClN5. The summed E-state index contributed by atoms with van der Waals surface area (Å²) >= 11 is 6.00. The number of imidazole rings is 1. The normalized spacial score (nSPS) is 16.8. The summed E-state index contributed by atoms with van der Waals surface area (Å²) in [5.74, 6) is 0.709. The Morgan fingerprint density at radius 3 is 2.59 bits per heavy atom. The van der Waals surface area contributed by atoms with E-state index in [1.54, 1.807) is 6.20 Å². The molecule has 29 heavy (non-hydrogen) atoms. The summed E-state index contributed by atoms with van der Waals surface area (Å²) in [7, 11) is 0. The van der Waals surface area contributed by atoms with E-state index in [-0.39, 0.29) is 0 Å². The van der Waals surface area contributed by atoms with Gasteiger partial charge in [0.25, 0.3) is 0 Å². The number of aromatic nitrogens is 3. The van der Waals surface area contributed by atoms with Crippen LogP contribution >= 0.6 is 11.6 Å². The molecule has 1 aliphatic heterocycles. The van der Waals surface area contributed by atoms with Crippen molar-refractivity contribution in [3.63, 3.8) is 0 Å². The lowest BCUT2D eigenvalue weighted by Gasteiger charge is -2.22. The van der Waals surface area contributed by atoms with Crippen LogP contribution in [0.3, 0.4) is 0 Å². The van der Waals surface area contributed by atoms with Crippen molar-refractivity contribution >= 4 is 28.8 Å². The fourth-order valence-electron chi connectivity index (χ4n) is 3.76. The van der Waals surface area contributed by atoms with Crippen LogP contribution in [0, 0.1) is 0 Å². The van der Waals surface area contributed by atoms with Crippen LogP contribution in [0.25, 0.3) is 16.9 Å². The first-order valence-corrected chi connectivity index (χ1v) is 10.3. The van der Waals surface area contributed by atoms with E-state index < -0.39 is 0 Å². The smallest absolute Gasteiger partial charge is 0.180 e. The molecule has 0 spiro atoms. The molecule has 4 aromatic rings.